The van der Waals surface area contributed by atoms with Crippen LogP contribution < -0.4 is 9.47 Å². The first-order chi connectivity index (χ1) is 15.3. The molecule has 2 unspecified atom stereocenters. The minimum Gasteiger partial charge on any atom is -0.507 e. The van der Waals surface area contributed by atoms with Gasteiger partial charge in [0, 0.05) is 17.7 Å². The highest BCUT2D eigenvalue weighted by Gasteiger charge is 2.45. The zero-order valence-electron chi connectivity index (χ0n) is 17.0. The van der Waals surface area contributed by atoms with Crippen molar-refractivity contribution in [3.05, 3.63) is 53.6 Å². The van der Waals surface area contributed by atoms with Gasteiger partial charge in [0.15, 0.2) is 5.78 Å². The Hall–Kier alpha value is -3.15. The molecule has 0 spiro atoms. The fourth-order valence-corrected chi connectivity index (χ4v) is 3.20. The minimum atomic E-state index is -1.72. The highest BCUT2D eigenvalue weighted by molar-refractivity contribution is 6.10. The molecule has 0 bridgehead atoms. The van der Waals surface area contributed by atoms with Gasteiger partial charge in [-0.25, -0.2) is 0 Å². The third-order valence-electron chi connectivity index (χ3n) is 4.98. The van der Waals surface area contributed by atoms with Crippen LogP contribution in [0.5, 0.6) is 23.0 Å². The van der Waals surface area contributed by atoms with E-state index in [0.717, 1.165) is 6.08 Å². The maximum Gasteiger partial charge on any atom is 0.229 e. The molecule has 10 heteroatoms. The van der Waals surface area contributed by atoms with Gasteiger partial charge in [-0.15, -0.1) is 0 Å². The fraction of sp³-hybridized carbons (Fsp3) is 0.318. The van der Waals surface area contributed by atoms with E-state index in [1.165, 1.54) is 31.4 Å². The zero-order chi connectivity index (χ0) is 23.4. The molecule has 6 N–H and O–H groups in total. The van der Waals surface area contributed by atoms with E-state index in [0.29, 0.717) is 5.56 Å². The molecule has 1 aliphatic heterocycles. The number of aliphatic hydroxyl groups excluding tert-OH is 4. The van der Waals surface area contributed by atoms with Gasteiger partial charge >= 0.3 is 0 Å². The van der Waals surface area contributed by atoms with Crippen molar-refractivity contribution in [3.63, 3.8) is 0 Å². The SMILES string of the molecule is COc1cc(O)c(C(=O)/C=C/c2ccccc2O)c(O[C@@H]2OC(CO)[C@@H](O)[C@H](O)C2O)c1. The molecule has 0 amide bonds. The number of methoxy groups -OCH3 is 1. The minimum absolute atomic E-state index is 0.0479. The van der Waals surface area contributed by atoms with Crippen LogP contribution in [0, 0.1) is 0 Å². The van der Waals surface area contributed by atoms with Crippen molar-refractivity contribution in [2.75, 3.05) is 13.7 Å². The number of aliphatic hydroxyl groups is 4. The molecule has 2 aromatic rings. The van der Waals surface area contributed by atoms with Crippen LogP contribution in [0.2, 0.25) is 0 Å². The van der Waals surface area contributed by atoms with Gasteiger partial charge in [0.1, 0.15) is 53.0 Å². The second-order valence-electron chi connectivity index (χ2n) is 7.09. The summed E-state index contributed by atoms with van der Waals surface area (Å²) < 4.78 is 16.0. The Bertz CT molecular complexity index is 987. The number of phenols is 2. The zero-order valence-corrected chi connectivity index (χ0v) is 17.0. The number of phenolic OH excluding ortho intramolecular Hbond substituents is 2. The molecule has 1 aliphatic rings. The summed E-state index contributed by atoms with van der Waals surface area (Å²) in [5.74, 6) is -1.35. The molecule has 0 aromatic heterocycles. The Morgan fingerprint density at radius 1 is 1.06 bits per heavy atom. The van der Waals surface area contributed by atoms with Gasteiger partial charge < -0.3 is 44.8 Å². The number of hydrogen-bond acceptors (Lipinski definition) is 10. The lowest BCUT2D eigenvalue weighted by molar-refractivity contribution is -0.277. The molecule has 172 valence electrons. The summed E-state index contributed by atoms with van der Waals surface area (Å²) in [5, 5.41) is 59.7. The number of rotatable bonds is 7. The average Bonchev–Trinajstić information content (AvgIpc) is 2.78. The first kappa shape index (κ1) is 23.5. The maximum atomic E-state index is 12.8. The molecule has 0 aliphatic carbocycles. The van der Waals surface area contributed by atoms with E-state index < -0.39 is 48.8 Å². The van der Waals surface area contributed by atoms with Crippen LogP contribution in [0.25, 0.3) is 6.08 Å². The predicted octanol–water partition coefficient (Wildman–Crippen LogP) is 0.181. The van der Waals surface area contributed by atoms with Gasteiger partial charge in [0.25, 0.3) is 0 Å². The Morgan fingerprint density at radius 3 is 2.44 bits per heavy atom. The molecule has 1 saturated heterocycles. The lowest BCUT2D eigenvalue weighted by Gasteiger charge is -2.39. The smallest absolute Gasteiger partial charge is 0.229 e. The van der Waals surface area contributed by atoms with Crippen LogP contribution in [-0.2, 0) is 4.74 Å². The van der Waals surface area contributed by atoms with Crippen LogP contribution in [-0.4, -0.2) is 80.8 Å². The summed E-state index contributed by atoms with van der Waals surface area (Å²) in [6, 6.07) is 8.77. The van der Waals surface area contributed by atoms with E-state index >= 15 is 0 Å². The largest absolute Gasteiger partial charge is 0.507 e. The third-order valence-corrected chi connectivity index (χ3v) is 4.98. The topological polar surface area (TPSA) is 166 Å². The number of benzene rings is 2. The Balaban J connectivity index is 1.94. The van der Waals surface area contributed by atoms with Crippen LogP contribution in [0.4, 0.5) is 0 Å². The first-order valence-electron chi connectivity index (χ1n) is 9.65. The van der Waals surface area contributed by atoms with E-state index in [-0.39, 0.29) is 22.8 Å². The second-order valence-corrected chi connectivity index (χ2v) is 7.09. The predicted molar refractivity (Wildman–Crippen MR) is 111 cm³/mol. The van der Waals surface area contributed by atoms with Crippen molar-refractivity contribution < 1.29 is 49.6 Å². The number of allylic oxidation sites excluding steroid dienone is 1. The summed E-state index contributed by atoms with van der Waals surface area (Å²) in [6.07, 6.45) is -5.35. The number of hydrogen-bond donors (Lipinski definition) is 6. The van der Waals surface area contributed by atoms with Crippen LogP contribution >= 0.6 is 0 Å². The van der Waals surface area contributed by atoms with Gasteiger partial charge in [-0.3, -0.25) is 4.79 Å². The molecule has 5 atom stereocenters. The molecule has 1 fully saturated rings. The van der Waals surface area contributed by atoms with Crippen molar-refractivity contribution >= 4 is 11.9 Å². The third kappa shape index (κ3) is 4.85. The van der Waals surface area contributed by atoms with Gasteiger partial charge in [0.2, 0.25) is 6.29 Å². The van der Waals surface area contributed by atoms with E-state index in [2.05, 4.69) is 0 Å². The number of para-hydroxylation sites is 1. The van der Waals surface area contributed by atoms with Gasteiger partial charge in [-0.1, -0.05) is 18.2 Å². The summed E-state index contributed by atoms with van der Waals surface area (Å²) in [7, 11) is 1.33. The van der Waals surface area contributed by atoms with Gasteiger partial charge in [-0.2, -0.15) is 0 Å². The lowest BCUT2D eigenvalue weighted by Crippen LogP contribution is -2.60. The number of ketones is 1. The molecule has 0 radical (unpaired) electrons. The Kier molecular flexibility index (Phi) is 7.33. The quantitative estimate of drug-likeness (QED) is 0.254. The van der Waals surface area contributed by atoms with Crippen molar-refractivity contribution in [3.8, 4) is 23.0 Å². The molecule has 32 heavy (non-hydrogen) atoms. The molecular formula is C22H24O10. The summed E-state index contributed by atoms with van der Waals surface area (Å²) in [4.78, 5) is 12.8. The monoisotopic (exact) mass is 448 g/mol. The molecule has 3 rings (SSSR count). The lowest BCUT2D eigenvalue weighted by atomic mass is 9.99. The van der Waals surface area contributed by atoms with Crippen LogP contribution in [0.15, 0.2) is 42.5 Å². The van der Waals surface area contributed by atoms with E-state index in [1.54, 1.807) is 18.2 Å². The van der Waals surface area contributed by atoms with Gasteiger partial charge in [-0.05, 0) is 18.2 Å². The second kappa shape index (κ2) is 9.98. The number of carbonyl (C=O) groups is 1. The molecule has 1 heterocycles. The van der Waals surface area contributed by atoms with Crippen LogP contribution in [0.3, 0.4) is 0 Å². The maximum absolute atomic E-state index is 12.8. The summed E-state index contributed by atoms with van der Waals surface area (Å²) >= 11 is 0. The molecule has 10 nitrogen and oxygen atoms in total. The highest BCUT2D eigenvalue weighted by Crippen LogP contribution is 2.36. The van der Waals surface area contributed by atoms with E-state index in [4.69, 9.17) is 14.2 Å². The number of aromatic hydroxyl groups is 2. The van der Waals surface area contributed by atoms with Crippen molar-refractivity contribution in [2.45, 2.75) is 30.7 Å². The standard InChI is InChI=1S/C22H24O10/c1-30-12-8-15(26)18(14(25)7-6-11-4-2-3-5-13(11)24)16(9-12)31-22-21(29)20(28)19(27)17(10-23)32-22/h2-9,17,19-24,26-29H,10H2,1H3/b7-6+/t17?,19-,20+,21?,22-/m1/s1. The van der Waals surface area contributed by atoms with Crippen molar-refractivity contribution in [2.24, 2.45) is 0 Å². The number of ether oxygens (including phenoxy) is 3. The normalized spacial score (nSPS) is 25.6. The highest BCUT2D eigenvalue weighted by atomic mass is 16.7. The van der Waals surface area contributed by atoms with Crippen molar-refractivity contribution in [1.29, 1.82) is 0 Å². The molecule has 2 aromatic carbocycles. The fourth-order valence-electron chi connectivity index (χ4n) is 3.20. The summed E-state index contributed by atoms with van der Waals surface area (Å²) in [6.45, 7) is -0.663. The number of carbonyl (C=O) groups excluding carboxylic acids is 1. The molecular weight excluding hydrogens is 424 g/mol. The summed E-state index contributed by atoms with van der Waals surface area (Å²) in [5.41, 5.74) is 0.0692. The average molecular weight is 448 g/mol. The first-order valence-corrected chi connectivity index (χ1v) is 9.65. The molecule has 0 saturated carbocycles. The van der Waals surface area contributed by atoms with Crippen LogP contribution in [0.1, 0.15) is 15.9 Å². The Morgan fingerprint density at radius 2 is 1.78 bits per heavy atom. The van der Waals surface area contributed by atoms with E-state index in [9.17, 15) is 35.4 Å². The van der Waals surface area contributed by atoms with Crippen molar-refractivity contribution in [1.82, 2.24) is 0 Å². The van der Waals surface area contributed by atoms with E-state index in [1.807, 2.05) is 0 Å². The Labute approximate surface area is 183 Å². The van der Waals surface area contributed by atoms with Gasteiger partial charge in [0.05, 0.1) is 13.7 Å².